The van der Waals surface area contributed by atoms with Gasteiger partial charge in [-0.2, -0.15) is 0 Å². The Labute approximate surface area is 195 Å². The summed E-state index contributed by atoms with van der Waals surface area (Å²) in [6.07, 6.45) is 5.13. The third-order valence-corrected chi connectivity index (χ3v) is 6.14. The van der Waals surface area contributed by atoms with E-state index < -0.39 is 16.1 Å². The number of nitrogens with one attached hydrogen (secondary N) is 3. The van der Waals surface area contributed by atoms with E-state index in [0.29, 0.717) is 30.9 Å². The number of sulfonamides is 1. The molecule has 0 bridgehead atoms. The molecule has 0 spiro atoms. The van der Waals surface area contributed by atoms with Gasteiger partial charge in [-0.15, -0.1) is 12.4 Å². The summed E-state index contributed by atoms with van der Waals surface area (Å²) < 4.78 is 31.0. The van der Waals surface area contributed by atoms with E-state index >= 15 is 0 Å². The molecule has 1 heterocycles. The molecule has 1 aliphatic carbocycles. The van der Waals surface area contributed by atoms with Crippen molar-refractivity contribution < 1.29 is 18.3 Å². The lowest BCUT2D eigenvalue weighted by molar-refractivity contribution is 0.172. The summed E-state index contributed by atoms with van der Waals surface area (Å²) in [6.45, 7) is 1.40. The van der Waals surface area contributed by atoms with E-state index in [9.17, 15) is 13.5 Å². The van der Waals surface area contributed by atoms with Gasteiger partial charge in [0.1, 0.15) is 12.4 Å². The molecule has 1 aromatic heterocycles. The first-order chi connectivity index (χ1) is 14.9. The average Bonchev–Trinajstić information content (AvgIpc) is 3.10. The van der Waals surface area contributed by atoms with Crippen molar-refractivity contribution in [3.8, 4) is 5.75 Å². The van der Waals surface area contributed by atoms with Gasteiger partial charge < -0.3 is 20.1 Å². The number of rotatable bonds is 9. The van der Waals surface area contributed by atoms with Gasteiger partial charge in [-0.3, -0.25) is 4.72 Å². The van der Waals surface area contributed by atoms with Crippen LogP contribution in [0.4, 0.5) is 5.69 Å². The second-order valence-corrected chi connectivity index (χ2v) is 9.81. The zero-order valence-electron chi connectivity index (χ0n) is 18.1. The Kier molecular flexibility index (Phi) is 8.05. The highest BCUT2D eigenvalue weighted by atomic mass is 35.5. The Morgan fingerprint density at radius 1 is 1.16 bits per heavy atom. The molecule has 2 aromatic carbocycles. The smallest absolute Gasteiger partial charge is 0.229 e. The Morgan fingerprint density at radius 2 is 1.97 bits per heavy atom. The maximum Gasteiger partial charge on any atom is 0.229 e. The van der Waals surface area contributed by atoms with E-state index in [-0.39, 0.29) is 12.4 Å². The molecular weight excluding hydrogens is 450 g/mol. The molecule has 3 aromatic rings. The van der Waals surface area contributed by atoms with Crippen LogP contribution >= 0.6 is 12.4 Å². The standard InChI is InChI=1S/C23H29N3O4S.ClH/c1-31(28,29)26-17-6-4-5-16(13-17)23(27)15-24-11-12-30-18-9-10-20-19-7-2-3-8-21(19)25-22(20)14-18;/h4-6,9-10,13-14,23-27H,2-3,7-8,11-12,15H2,1H3;1H/t23-;/m1./s1. The van der Waals surface area contributed by atoms with Crippen molar-refractivity contribution >= 4 is 39.0 Å². The van der Waals surface area contributed by atoms with E-state index in [1.807, 2.05) is 6.07 Å². The molecule has 7 nitrogen and oxygen atoms in total. The van der Waals surface area contributed by atoms with Crippen LogP contribution in [0.25, 0.3) is 10.9 Å². The fraction of sp³-hybridized carbons (Fsp3) is 0.391. The zero-order chi connectivity index (χ0) is 21.8. The van der Waals surface area contributed by atoms with Crippen LogP contribution in [0.2, 0.25) is 0 Å². The first-order valence-corrected chi connectivity index (χ1v) is 12.5. The van der Waals surface area contributed by atoms with Gasteiger partial charge in [-0.05, 0) is 61.1 Å². The number of anilines is 1. The second kappa shape index (κ2) is 10.6. The summed E-state index contributed by atoms with van der Waals surface area (Å²) in [4.78, 5) is 3.54. The molecule has 0 unspecified atom stereocenters. The molecule has 0 aliphatic heterocycles. The summed E-state index contributed by atoms with van der Waals surface area (Å²) in [5.74, 6) is 0.827. The molecule has 174 valence electrons. The molecule has 9 heteroatoms. The summed E-state index contributed by atoms with van der Waals surface area (Å²) in [6, 6.07) is 13.0. The van der Waals surface area contributed by atoms with Crippen molar-refractivity contribution in [3.63, 3.8) is 0 Å². The van der Waals surface area contributed by atoms with Crippen LogP contribution in [0.5, 0.6) is 5.75 Å². The summed E-state index contributed by atoms with van der Waals surface area (Å²) >= 11 is 0. The van der Waals surface area contributed by atoms with Crippen LogP contribution < -0.4 is 14.8 Å². The summed E-state index contributed by atoms with van der Waals surface area (Å²) in [5, 5.41) is 14.9. The van der Waals surface area contributed by atoms with Gasteiger partial charge in [0.25, 0.3) is 0 Å². The van der Waals surface area contributed by atoms with Gasteiger partial charge in [-0.25, -0.2) is 8.42 Å². The normalized spacial score (nSPS) is 14.4. The molecule has 0 fully saturated rings. The zero-order valence-corrected chi connectivity index (χ0v) is 19.7. The summed E-state index contributed by atoms with van der Waals surface area (Å²) in [5.41, 5.74) is 5.03. The number of aromatic nitrogens is 1. The van der Waals surface area contributed by atoms with Gasteiger partial charge in [0, 0.05) is 41.4 Å². The van der Waals surface area contributed by atoms with Crippen molar-refractivity contribution in [2.75, 3.05) is 30.7 Å². The maximum absolute atomic E-state index is 11.4. The van der Waals surface area contributed by atoms with E-state index in [4.69, 9.17) is 4.74 Å². The van der Waals surface area contributed by atoms with Crippen LogP contribution in [-0.4, -0.2) is 44.5 Å². The minimum atomic E-state index is -3.35. The molecule has 1 atom stereocenters. The Hall–Kier alpha value is -2.26. The lowest BCUT2D eigenvalue weighted by Crippen LogP contribution is -2.26. The fourth-order valence-electron chi connectivity index (χ4n) is 4.10. The lowest BCUT2D eigenvalue weighted by Gasteiger charge is -2.14. The van der Waals surface area contributed by atoms with Gasteiger partial charge >= 0.3 is 0 Å². The lowest BCUT2D eigenvalue weighted by atomic mass is 9.96. The average molecular weight is 480 g/mol. The van der Waals surface area contributed by atoms with Gasteiger partial charge in [0.2, 0.25) is 10.0 Å². The monoisotopic (exact) mass is 479 g/mol. The maximum atomic E-state index is 11.4. The molecule has 4 N–H and O–H groups in total. The van der Waals surface area contributed by atoms with Crippen LogP contribution in [0.15, 0.2) is 42.5 Å². The van der Waals surface area contributed by atoms with Gasteiger partial charge in [0.15, 0.2) is 0 Å². The second-order valence-electron chi connectivity index (χ2n) is 8.06. The molecule has 32 heavy (non-hydrogen) atoms. The first-order valence-electron chi connectivity index (χ1n) is 10.6. The van der Waals surface area contributed by atoms with Crippen LogP contribution in [-0.2, 0) is 22.9 Å². The molecule has 4 rings (SSSR count). The highest BCUT2D eigenvalue weighted by Gasteiger charge is 2.15. The number of fused-ring (bicyclic) bond motifs is 3. The quantitative estimate of drug-likeness (QED) is 0.351. The SMILES string of the molecule is CS(=O)(=O)Nc1cccc([C@H](O)CNCCOc2ccc3c4c([nH]c3c2)CCCC4)c1.Cl. The Balaban J connectivity index is 0.00000289. The van der Waals surface area contributed by atoms with Crippen LogP contribution in [0, 0.1) is 0 Å². The number of halogens is 1. The molecular formula is C23H30ClN3O4S. The highest BCUT2D eigenvalue weighted by Crippen LogP contribution is 2.31. The van der Waals surface area contributed by atoms with Crippen molar-refractivity contribution in [2.45, 2.75) is 31.8 Å². The predicted octanol–water partition coefficient (Wildman–Crippen LogP) is 3.54. The summed E-state index contributed by atoms with van der Waals surface area (Å²) in [7, 11) is -3.35. The van der Waals surface area contributed by atoms with E-state index in [1.54, 1.807) is 24.3 Å². The highest BCUT2D eigenvalue weighted by molar-refractivity contribution is 7.92. The number of aliphatic hydroxyl groups is 1. The number of hydrogen-bond acceptors (Lipinski definition) is 5. The number of hydrogen-bond donors (Lipinski definition) is 4. The minimum absolute atomic E-state index is 0. The number of ether oxygens (including phenoxy) is 1. The number of H-pyrrole nitrogens is 1. The molecule has 0 saturated heterocycles. The van der Waals surface area contributed by atoms with Crippen LogP contribution in [0.1, 0.15) is 35.8 Å². The van der Waals surface area contributed by atoms with Gasteiger partial charge in [0.05, 0.1) is 12.4 Å². The van der Waals surface area contributed by atoms with Crippen LogP contribution in [0.3, 0.4) is 0 Å². The minimum Gasteiger partial charge on any atom is -0.492 e. The number of aromatic amines is 1. The predicted molar refractivity (Wildman–Crippen MR) is 130 cm³/mol. The first kappa shape index (κ1) is 24.4. The van der Waals surface area contributed by atoms with Crippen molar-refractivity contribution in [1.82, 2.24) is 10.3 Å². The topological polar surface area (TPSA) is 103 Å². The molecule has 0 radical (unpaired) electrons. The number of aliphatic hydroxyl groups excluding tert-OH is 1. The molecule has 0 saturated carbocycles. The molecule has 0 amide bonds. The fourth-order valence-corrected chi connectivity index (χ4v) is 4.66. The van der Waals surface area contributed by atoms with E-state index in [2.05, 4.69) is 27.2 Å². The molecule has 1 aliphatic rings. The largest absolute Gasteiger partial charge is 0.492 e. The third-order valence-electron chi connectivity index (χ3n) is 5.53. The third kappa shape index (κ3) is 6.16. The number of aryl methyl sites for hydroxylation is 2. The Bertz CT molecular complexity index is 1160. The van der Waals surface area contributed by atoms with Crippen molar-refractivity contribution in [1.29, 1.82) is 0 Å². The Morgan fingerprint density at radius 3 is 2.78 bits per heavy atom. The van der Waals surface area contributed by atoms with Crippen molar-refractivity contribution in [2.24, 2.45) is 0 Å². The van der Waals surface area contributed by atoms with E-state index in [1.165, 1.54) is 29.5 Å². The van der Waals surface area contributed by atoms with Gasteiger partial charge in [-0.1, -0.05) is 12.1 Å². The van der Waals surface area contributed by atoms with E-state index in [0.717, 1.165) is 30.4 Å². The number of benzene rings is 2. The van der Waals surface area contributed by atoms with Crippen molar-refractivity contribution in [3.05, 3.63) is 59.3 Å².